The van der Waals surface area contributed by atoms with Crippen LogP contribution < -0.4 is 5.32 Å². The van der Waals surface area contributed by atoms with Crippen molar-refractivity contribution < 1.29 is 0 Å². The SMILES string of the molecule is CC(C)CNCCC(C)N1CCN(C)CC1. The van der Waals surface area contributed by atoms with Gasteiger partial charge in [0.1, 0.15) is 0 Å². The fourth-order valence-corrected chi connectivity index (χ4v) is 2.15. The topological polar surface area (TPSA) is 18.5 Å². The van der Waals surface area contributed by atoms with Crippen molar-refractivity contribution in [1.29, 1.82) is 0 Å². The Balaban J connectivity index is 2.08. The van der Waals surface area contributed by atoms with E-state index in [1.54, 1.807) is 0 Å². The van der Waals surface area contributed by atoms with Crippen molar-refractivity contribution in [3.63, 3.8) is 0 Å². The predicted molar refractivity (Wildman–Crippen MR) is 70.9 cm³/mol. The maximum Gasteiger partial charge on any atom is 0.0113 e. The van der Waals surface area contributed by atoms with Gasteiger partial charge in [0, 0.05) is 32.2 Å². The van der Waals surface area contributed by atoms with Gasteiger partial charge >= 0.3 is 0 Å². The van der Waals surface area contributed by atoms with Crippen LogP contribution in [-0.2, 0) is 0 Å². The van der Waals surface area contributed by atoms with Gasteiger partial charge in [0.25, 0.3) is 0 Å². The number of nitrogens with zero attached hydrogens (tertiary/aromatic N) is 2. The van der Waals surface area contributed by atoms with E-state index in [4.69, 9.17) is 0 Å². The Hall–Kier alpha value is -0.120. The van der Waals surface area contributed by atoms with Crippen molar-refractivity contribution in [3.05, 3.63) is 0 Å². The van der Waals surface area contributed by atoms with Gasteiger partial charge in [0.05, 0.1) is 0 Å². The molecule has 1 aliphatic rings. The summed E-state index contributed by atoms with van der Waals surface area (Å²) in [5.41, 5.74) is 0. The smallest absolute Gasteiger partial charge is 0.0113 e. The third-order valence-corrected chi connectivity index (χ3v) is 3.45. The second-order valence-electron chi connectivity index (χ2n) is 5.57. The van der Waals surface area contributed by atoms with E-state index < -0.39 is 0 Å². The molecule has 1 unspecified atom stereocenters. The van der Waals surface area contributed by atoms with Crippen LogP contribution in [0.4, 0.5) is 0 Å². The Morgan fingerprint density at radius 2 is 1.69 bits per heavy atom. The highest BCUT2D eigenvalue weighted by molar-refractivity contribution is 4.75. The molecule has 1 rings (SSSR count). The molecule has 1 fully saturated rings. The minimum atomic E-state index is 0.730. The Labute approximate surface area is 101 Å². The first-order valence-corrected chi connectivity index (χ1v) is 6.73. The summed E-state index contributed by atoms with van der Waals surface area (Å²) < 4.78 is 0. The molecule has 3 nitrogen and oxygen atoms in total. The Kier molecular flexibility index (Phi) is 6.32. The zero-order chi connectivity index (χ0) is 12.0. The molecule has 0 radical (unpaired) electrons. The van der Waals surface area contributed by atoms with Gasteiger partial charge in [0.2, 0.25) is 0 Å². The summed E-state index contributed by atoms with van der Waals surface area (Å²) >= 11 is 0. The van der Waals surface area contributed by atoms with Crippen molar-refractivity contribution in [3.8, 4) is 0 Å². The first-order valence-electron chi connectivity index (χ1n) is 6.73. The molecule has 0 amide bonds. The van der Waals surface area contributed by atoms with Gasteiger partial charge in [-0.2, -0.15) is 0 Å². The molecule has 0 aliphatic carbocycles. The lowest BCUT2D eigenvalue weighted by atomic mass is 10.1. The van der Waals surface area contributed by atoms with Crippen LogP contribution >= 0.6 is 0 Å². The largest absolute Gasteiger partial charge is 0.316 e. The number of piperazine rings is 1. The monoisotopic (exact) mass is 227 g/mol. The number of hydrogen-bond acceptors (Lipinski definition) is 3. The van der Waals surface area contributed by atoms with E-state index >= 15 is 0 Å². The van der Waals surface area contributed by atoms with Gasteiger partial charge in [-0.05, 0) is 39.4 Å². The Morgan fingerprint density at radius 1 is 1.06 bits per heavy atom. The highest BCUT2D eigenvalue weighted by Crippen LogP contribution is 2.07. The van der Waals surface area contributed by atoms with Gasteiger partial charge in [-0.15, -0.1) is 0 Å². The molecule has 0 aromatic rings. The zero-order valence-corrected chi connectivity index (χ0v) is 11.5. The molecule has 0 spiro atoms. The maximum absolute atomic E-state index is 3.53. The molecule has 0 saturated carbocycles. The molecule has 0 aromatic heterocycles. The van der Waals surface area contributed by atoms with Crippen molar-refractivity contribution in [1.82, 2.24) is 15.1 Å². The van der Waals surface area contributed by atoms with Crippen LogP contribution in [0.15, 0.2) is 0 Å². The Morgan fingerprint density at radius 3 is 2.25 bits per heavy atom. The molecule has 1 N–H and O–H groups in total. The van der Waals surface area contributed by atoms with E-state index in [0.29, 0.717) is 0 Å². The van der Waals surface area contributed by atoms with Crippen LogP contribution in [0.1, 0.15) is 27.2 Å². The number of likely N-dealkylation sites (N-methyl/N-ethyl adjacent to an activating group) is 1. The van der Waals surface area contributed by atoms with Gasteiger partial charge < -0.3 is 10.2 Å². The lowest BCUT2D eigenvalue weighted by Gasteiger charge is -2.36. The van der Waals surface area contributed by atoms with Crippen LogP contribution in [0.2, 0.25) is 0 Å². The molecular weight excluding hydrogens is 198 g/mol. The Bertz CT molecular complexity index is 174. The predicted octanol–water partition coefficient (Wildman–Crippen LogP) is 1.26. The standard InChI is InChI=1S/C13H29N3/c1-12(2)11-14-6-5-13(3)16-9-7-15(4)8-10-16/h12-14H,5-11H2,1-4H3. The summed E-state index contributed by atoms with van der Waals surface area (Å²) in [5, 5.41) is 3.53. The fourth-order valence-electron chi connectivity index (χ4n) is 2.15. The van der Waals surface area contributed by atoms with Gasteiger partial charge in [-0.3, -0.25) is 4.90 Å². The average molecular weight is 227 g/mol. The summed E-state index contributed by atoms with van der Waals surface area (Å²) in [6, 6.07) is 0.730. The van der Waals surface area contributed by atoms with Crippen molar-refractivity contribution >= 4 is 0 Å². The summed E-state index contributed by atoms with van der Waals surface area (Å²) in [6.07, 6.45) is 1.27. The van der Waals surface area contributed by atoms with Gasteiger partial charge in [0.15, 0.2) is 0 Å². The number of rotatable bonds is 6. The molecule has 1 saturated heterocycles. The summed E-state index contributed by atoms with van der Waals surface area (Å²) in [5.74, 6) is 0.763. The quantitative estimate of drug-likeness (QED) is 0.689. The second-order valence-corrected chi connectivity index (χ2v) is 5.57. The fraction of sp³-hybridized carbons (Fsp3) is 1.00. The first-order chi connectivity index (χ1) is 7.59. The average Bonchev–Trinajstić information content (AvgIpc) is 2.25. The highest BCUT2D eigenvalue weighted by atomic mass is 15.3. The number of nitrogens with one attached hydrogen (secondary N) is 1. The third-order valence-electron chi connectivity index (χ3n) is 3.45. The van der Waals surface area contributed by atoms with E-state index in [-0.39, 0.29) is 0 Å². The van der Waals surface area contributed by atoms with Crippen LogP contribution in [0.5, 0.6) is 0 Å². The number of hydrogen-bond donors (Lipinski definition) is 1. The molecule has 96 valence electrons. The van der Waals surface area contributed by atoms with Crippen molar-refractivity contribution in [2.24, 2.45) is 5.92 Å². The molecule has 1 heterocycles. The van der Waals surface area contributed by atoms with Crippen LogP contribution in [0.3, 0.4) is 0 Å². The third kappa shape index (κ3) is 5.28. The van der Waals surface area contributed by atoms with E-state index in [9.17, 15) is 0 Å². The second kappa shape index (κ2) is 7.25. The van der Waals surface area contributed by atoms with Crippen molar-refractivity contribution in [2.75, 3.05) is 46.3 Å². The van der Waals surface area contributed by atoms with E-state index in [1.165, 1.54) is 32.6 Å². The van der Waals surface area contributed by atoms with Gasteiger partial charge in [-0.1, -0.05) is 13.8 Å². The molecule has 0 bridgehead atoms. The van der Waals surface area contributed by atoms with E-state index in [0.717, 1.165) is 25.0 Å². The van der Waals surface area contributed by atoms with Crippen molar-refractivity contribution in [2.45, 2.75) is 33.2 Å². The molecule has 16 heavy (non-hydrogen) atoms. The molecule has 1 aliphatic heterocycles. The molecular formula is C13H29N3. The molecule has 1 atom stereocenters. The molecule has 3 heteroatoms. The minimum Gasteiger partial charge on any atom is -0.316 e. The molecule has 0 aromatic carbocycles. The lowest BCUT2D eigenvalue weighted by Crippen LogP contribution is -2.48. The summed E-state index contributed by atoms with van der Waals surface area (Å²) in [6.45, 7) is 14.1. The maximum atomic E-state index is 3.53. The normalized spacial score (nSPS) is 21.6. The van der Waals surface area contributed by atoms with Gasteiger partial charge in [-0.25, -0.2) is 0 Å². The van der Waals surface area contributed by atoms with E-state index in [1.807, 2.05) is 0 Å². The first kappa shape index (κ1) is 13.9. The van der Waals surface area contributed by atoms with Crippen LogP contribution in [0, 0.1) is 5.92 Å². The zero-order valence-electron chi connectivity index (χ0n) is 11.5. The van der Waals surface area contributed by atoms with Crippen LogP contribution in [-0.4, -0.2) is 62.2 Å². The minimum absolute atomic E-state index is 0.730. The summed E-state index contributed by atoms with van der Waals surface area (Å²) in [7, 11) is 2.21. The highest BCUT2D eigenvalue weighted by Gasteiger charge is 2.18. The summed E-state index contributed by atoms with van der Waals surface area (Å²) in [4.78, 5) is 5.04. The van der Waals surface area contributed by atoms with E-state index in [2.05, 4.69) is 42.9 Å². The van der Waals surface area contributed by atoms with Crippen LogP contribution in [0.25, 0.3) is 0 Å². The lowest BCUT2D eigenvalue weighted by molar-refractivity contribution is 0.114.